The number of thiophene rings is 1. The van der Waals surface area contributed by atoms with E-state index in [1.807, 2.05) is 0 Å². The predicted octanol–water partition coefficient (Wildman–Crippen LogP) is 3.22. The molecule has 0 aliphatic carbocycles. The number of rotatable bonds is 2. The lowest BCUT2D eigenvalue weighted by molar-refractivity contribution is -0.266. The second-order valence-electron chi connectivity index (χ2n) is 3.12. The van der Waals surface area contributed by atoms with Crippen molar-refractivity contribution in [3.63, 3.8) is 0 Å². The Balaban J connectivity index is 3.14. The maximum Gasteiger partial charge on any atom is 0.422 e. The Morgan fingerprint density at radius 3 is 2.21 bits per heavy atom. The Bertz CT molecular complexity index is 318. The minimum atomic E-state index is -4.61. The Morgan fingerprint density at radius 2 is 1.93 bits per heavy atom. The summed E-state index contributed by atoms with van der Waals surface area (Å²) in [6.45, 7) is 3.03. The third-order valence-electron chi connectivity index (χ3n) is 2.13. The van der Waals surface area contributed by atoms with Crippen molar-refractivity contribution < 1.29 is 18.3 Å². The molecule has 1 N–H and O–H groups in total. The monoisotopic (exact) mass is 224 g/mol. The van der Waals surface area contributed by atoms with E-state index >= 15 is 0 Å². The Hall–Kier alpha value is -0.550. The molecule has 0 saturated heterocycles. The van der Waals surface area contributed by atoms with Crippen LogP contribution in [0.15, 0.2) is 12.1 Å². The van der Waals surface area contributed by atoms with E-state index in [2.05, 4.69) is 0 Å². The summed E-state index contributed by atoms with van der Waals surface area (Å²) in [5.74, 6) is 0. The zero-order chi connectivity index (χ0) is 11.0. The van der Waals surface area contributed by atoms with Crippen LogP contribution in [0, 0.1) is 6.92 Å². The lowest BCUT2D eigenvalue weighted by Gasteiger charge is -2.28. The summed E-state index contributed by atoms with van der Waals surface area (Å²) in [6.07, 6.45) is -4.98. The van der Waals surface area contributed by atoms with Crippen LogP contribution in [0.5, 0.6) is 0 Å². The lowest BCUT2D eigenvalue weighted by atomic mass is 9.98. The number of aryl methyl sites for hydroxylation is 1. The highest BCUT2D eigenvalue weighted by molar-refractivity contribution is 7.12. The minimum Gasteiger partial charge on any atom is -0.376 e. The van der Waals surface area contributed by atoms with E-state index in [4.69, 9.17) is 0 Å². The van der Waals surface area contributed by atoms with Gasteiger partial charge in [0.25, 0.3) is 0 Å². The fraction of sp³-hybridized carbons (Fsp3) is 0.556. The molecular weight excluding hydrogens is 213 g/mol. The number of halogens is 3. The third kappa shape index (κ3) is 1.79. The first-order valence-corrected chi connectivity index (χ1v) is 4.99. The van der Waals surface area contributed by atoms with Gasteiger partial charge in [0.15, 0.2) is 5.60 Å². The summed E-state index contributed by atoms with van der Waals surface area (Å²) in [5, 5.41) is 9.53. The van der Waals surface area contributed by atoms with Gasteiger partial charge in [0.2, 0.25) is 0 Å². The van der Waals surface area contributed by atoms with Gasteiger partial charge in [0.05, 0.1) is 0 Å². The fourth-order valence-corrected chi connectivity index (χ4v) is 2.22. The van der Waals surface area contributed by atoms with Gasteiger partial charge in [-0.05, 0) is 25.5 Å². The van der Waals surface area contributed by atoms with E-state index < -0.39 is 11.8 Å². The van der Waals surface area contributed by atoms with Crippen molar-refractivity contribution in [2.75, 3.05) is 0 Å². The molecule has 1 aromatic rings. The SMILES string of the molecule is CCC(O)(c1ccc(C)s1)C(F)(F)F. The van der Waals surface area contributed by atoms with Gasteiger partial charge in [-0.2, -0.15) is 13.2 Å². The van der Waals surface area contributed by atoms with Gasteiger partial charge in [-0.25, -0.2) is 0 Å². The first-order chi connectivity index (χ1) is 6.31. The zero-order valence-electron chi connectivity index (χ0n) is 7.85. The molecule has 0 spiro atoms. The topological polar surface area (TPSA) is 20.2 Å². The predicted molar refractivity (Wildman–Crippen MR) is 49.3 cm³/mol. The van der Waals surface area contributed by atoms with Crippen LogP contribution in [0.25, 0.3) is 0 Å². The second kappa shape index (κ2) is 3.55. The average molecular weight is 224 g/mol. The molecule has 1 nitrogen and oxygen atoms in total. The summed E-state index contributed by atoms with van der Waals surface area (Å²) >= 11 is 0.976. The van der Waals surface area contributed by atoms with Crippen molar-refractivity contribution >= 4 is 11.3 Å². The van der Waals surface area contributed by atoms with E-state index in [-0.39, 0.29) is 11.3 Å². The van der Waals surface area contributed by atoms with E-state index in [1.165, 1.54) is 13.0 Å². The van der Waals surface area contributed by atoms with Gasteiger partial charge in [-0.3, -0.25) is 0 Å². The van der Waals surface area contributed by atoms with Gasteiger partial charge < -0.3 is 5.11 Å². The minimum absolute atomic E-state index is 0.0370. The number of hydrogen-bond acceptors (Lipinski definition) is 2. The molecule has 5 heteroatoms. The molecule has 1 rings (SSSR count). The third-order valence-corrected chi connectivity index (χ3v) is 3.28. The zero-order valence-corrected chi connectivity index (χ0v) is 8.67. The van der Waals surface area contributed by atoms with Gasteiger partial charge in [0.1, 0.15) is 0 Å². The highest BCUT2D eigenvalue weighted by Gasteiger charge is 2.54. The molecule has 0 saturated carbocycles. The quantitative estimate of drug-likeness (QED) is 0.817. The molecule has 0 aliphatic rings. The van der Waals surface area contributed by atoms with Gasteiger partial charge in [-0.15, -0.1) is 11.3 Å². The molecule has 0 amide bonds. The standard InChI is InChI=1S/C9H11F3OS/c1-3-8(13,9(10,11)12)7-5-4-6(2)14-7/h4-5,13H,3H2,1-2H3. The average Bonchev–Trinajstić information content (AvgIpc) is 2.48. The molecule has 0 bridgehead atoms. The maximum absolute atomic E-state index is 12.6. The smallest absolute Gasteiger partial charge is 0.376 e. The molecule has 1 unspecified atom stereocenters. The summed E-state index contributed by atoms with van der Waals surface area (Å²) in [7, 11) is 0. The molecule has 14 heavy (non-hydrogen) atoms. The van der Waals surface area contributed by atoms with Crippen LogP contribution in [0.1, 0.15) is 23.1 Å². The van der Waals surface area contributed by atoms with Gasteiger partial charge in [-0.1, -0.05) is 6.92 Å². The van der Waals surface area contributed by atoms with Crippen LogP contribution < -0.4 is 0 Å². The molecule has 1 heterocycles. The summed E-state index contributed by atoms with van der Waals surface area (Å²) < 4.78 is 37.7. The van der Waals surface area contributed by atoms with E-state index in [9.17, 15) is 18.3 Å². The fourth-order valence-electron chi connectivity index (χ4n) is 1.17. The molecule has 0 fully saturated rings. The number of hydrogen-bond donors (Lipinski definition) is 1. The number of aliphatic hydroxyl groups is 1. The summed E-state index contributed by atoms with van der Waals surface area (Å²) in [4.78, 5) is 0.723. The van der Waals surface area contributed by atoms with Crippen molar-refractivity contribution in [2.24, 2.45) is 0 Å². The maximum atomic E-state index is 12.6. The summed E-state index contributed by atoms with van der Waals surface area (Å²) in [5.41, 5.74) is -2.69. The highest BCUT2D eigenvalue weighted by Crippen LogP contribution is 2.43. The van der Waals surface area contributed by atoms with Crippen molar-refractivity contribution in [3.8, 4) is 0 Å². The van der Waals surface area contributed by atoms with Crippen LogP contribution in [-0.2, 0) is 5.60 Å². The largest absolute Gasteiger partial charge is 0.422 e. The molecule has 1 atom stereocenters. The van der Waals surface area contributed by atoms with Crippen LogP contribution in [0.4, 0.5) is 13.2 Å². The van der Waals surface area contributed by atoms with Crippen molar-refractivity contribution in [3.05, 3.63) is 21.9 Å². The van der Waals surface area contributed by atoms with Crippen LogP contribution in [0.2, 0.25) is 0 Å². The molecule has 80 valence electrons. The van der Waals surface area contributed by atoms with Crippen molar-refractivity contribution in [2.45, 2.75) is 32.0 Å². The normalized spacial score (nSPS) is 16.7. The summed E-state index contributed by atoms with van der Waals surface area (Å²) in [6, 6.07) is 2.91. The Kier molecular flexibility index (Phi) is 2.92. The molecule has 1 aromatic heterocycles. The molecule has 0 aliphatic heterocycles. The van der Waals surface area contributed by atoms with Gasteiger partial charge >= 0.3 is 6.18 Å². The van der Waals surface area contributed by atoms with Crippen LogP contribution in [0.3, 0.4) is 0 Å². The van der Waals surface area contributed by atoms with Crippen LogP contribution in [-0.4, -0.2) is 11.3 Å². The van der Waals surface area contributed by atoms with Gasteiger partial charge in [0, 0.05) is 9.75 Å². The first kappa shape index (κ1) is 11.5. The molecular formula is C9H11F3OS. The second-order valence-corrected chi connectivity index (χ2v) is 4.41. The van der Waals surface area contributed by atoms with E-state index in [1.54, 1.807) is 13.0 Å². The first-order valence-electron chi connectivity index (χ1n) is 4.17. The van der Waals surface area contributed by atoms with Crippen LogP contribution >= 0.6 is 11.3 Å². The molecule has 0 aromatic carbocycles. The van der Waals surface area contributed by atoms with E-state index in [0.29, 0.717) is 0 Å². The highest BCUT2D eigenvalue weighted by atomic mass is 32.1. The Morgan fingerprint density at radius 1 is 1.36 bits per heavy atom. The molecule has 0 radical (unpaired) electrons. The van der Waals surface area contributed by atoms with E-state index in [0.717, 1.165) is 16.2 Å². The number of alkyl halides is 3. The van der Waals surface area contributed by atoms with Crippen molar-refractivity contribution in [1.29, 1.82) is 0 Å². The lowest BCUT2D eigenvalue weighted by Crippen LogP contribution is -2.40. The van der Waals surface area contributed by atoms with Crippen molar-refractivity contribution in [1.82, 2.24) is 0 Å². The Labute approximate surface area is 84.2 Å².